The molecule has 0 spiro atoms. The van der Waals surface area contributed by atoms with E-state index in [9.17, 15) is 13.2 Å². The van der Waals surface area contributed by atoms with Gasteiger partial charge >= 0.3 is 5.97 Å². The molecule has 0 radical (unpaired) electrons. The summed E-state index contributed by atoms with van der Waals surface area (Å²) in [6.45, 7) is 0. The summed E-state index contributed by atoms with van der Waals surface area (Å²) in [6.07, 6.45) is 0.194. The Morgan fingerprint density at radius 2 is 2.25 bits per heavy atom. The molecule has 0 atom stereocenters. The van der Waals surface area contributed by atoms with Gasteiger partial charge in [0.25, 0.3) is 0 Å². The fraction of sp³-hybridized carbons (Fsp3) is 0.556. The van der Waals surface area contributed by atoms with Crippen LogP contribution in [0.1, 0.15) is 17.0 Å². The van der Waals surface area contributed by atoms with Gasteiger partial charge in [0, 0.05) is 19.0 Å². The smallest absolute Gasteiger partial charge is 0.309 e. The second kappa shape index (κ2) is 3.58. The van der Waals surface area contributed by atoms with Crippen molar-refractivity contribution in [1.29, 1.82) is 0 Å². The van der Waals surface area contributed by atoms with Gasteiger partial charge in [-0.15, -0.1) is 0 Å². The number of aromatic nitrogens is 2. The lowest BCUT2D eigenvalue weighted by Gasteiger charge is -2.11. The number of hydrogen-bond donors (Lipinski definition) is 1. The number of nitrogens with zero attached hydrogens (tertiary/aromatic N) is 2. The minimum atomic E-state index is -3.09. The second-order valence-electron chi connectivity index (χ2n) is 3.91. The van der Waals surface area contributed by atoms with Crippen LogP contribution in [-0.2, 0) is 40.3 Å². The Kier molecular flexibility index (Phi) is 2.49. The third kappa shape index (κ3) is 1.95. The highest BCUT2D eigenvalue weighted by Gasteiger charge is 2.28. The maximum absolute atomic E-state index is 11.5. The molecule has 0 saturated carbocycles. The number of carbonyl (C=O) groups is 1. The minimum absolute atomic E-state index is 0.0845. The number of hydrogen-bond acceptors (Lipinski definition) is 4. The van der Waals surface area contributed by atoms with Gasteiger partial charge in [0.1, 0.15) is 0 Å². The van der Waals surface area contributed by atoms with Gasteiger partial charge in [-0.2, -0.15) is 5.10 Å². The first-order chi connectivity index (χ1) is 7.39. The van der Waals surface area contributed by atoms with Gasteiger partial charge in [-0.25, -0.2) is 8.42 Å². The van der Waals surface area contributed by atoms with Gasteiger partial charge in [0.15, 0.2) is 9.84 Å². The molecule has 0 fully saturated rings. The first-order valence-electron chi connectivity index (χ1n) is 4.85. The molecule has 6 nitrogen and oxygen atoms in total. The van der Waals surface area contributed by atoms with Crippen LogP contribution in [0.15, 0.2) is 0 Å². The van der Waals surface area contributed by atoms with Crippen LogP contribution in [-0.4, -0.2) is 35.0 Å². The summed E-state index contributed by atoms with van der Waals surface area (Å²) in [6, 6.07) is 0. The highest BCUT2D eigenvalue weighted by molar-refractivity contribution is 7.90. The Balaban J connectivity index is 2.47. The summed E-state index contributed by atoms with van der Waals surface area (Å²) < 4.78 is 24.4. The minimum Gasteiger partial charge on any atom is -0.481 e. The summed E-state index contributed by atoms with van der Waals surface area (Å²) in [5.74, 6) is -0.962. The molecule has 7 heteroatoms. The largest absolute Gasteiger partial charge is 0.481 e. The summed E-state index contributed by atoms with van der Waals surface area (Å²) in [5.41, 5.74) is 1.79. The van der Waals surface area contributed by atoms with E-state index in [2.05, 4.69) is 5.10 Å². The number of aliphatic carboxylic acids is 1. The summed E-state index contributed by atoms with van der Waals surface area (Å²) in [7, 11) is -1.45. The zero-order chi connectivity index (χ0) is 11.9. The average Bonchev–Trinajstić information content (AvgIpc) is 2.42. The van der Waals surface area contributed by atoms with Gasteiger partial charge in [-0.1, -0.05) is 0 Å². The zero-order valence-corrected chi connectivity index (χ0v) is 9.62. The Labute approximate surface area is 92.8 Å². The molecule has 1 aromatic heterocycles. The average molecular weight is 244 g/mol. The SMILES string of the molecule is Cn1nc2c(c1CC(=O)O)CS(=O)(=O)CC2. The summed E-state index contributed by atoms with van der Waals surface area (Å²) >= 11 is 0. The molecule has 88 valence electrons. The van der Waals surface area contributed by atoms with E-state index in [0.29, 0.717) is 23.4 Å². The Morgan fingerprint density at radius 3 is 2.88 bits per heavy atom. The predicted molar refractivity (Wildman–Crippen MR) is 55.7 cm³/mol. The molecule has 0 saturated heterocycles. The lowest BCUT2D eigenvalue weighted by atomic mass is 10.1. The van der Waals surface area contributed by atoms with E-state index in [1.54, 1.807) is 7.05 Å². The van der Waals surface area contributed by atoms with E-state index in [1.807, 2.05) is 0 Å². The van der Waals surface area contributed by atoms with Crippen molar-refractivity contribution >= 4 is 15.8 Å². The number of rotatable bonds is 2. The van der Waals surface area contributed by atoms with Crippen molar-refractivity contribution in [3.05, 3.63) is 17.0 Å². The first kappa shape index (κ1) is 11.1. The van der Waals surface area contributed by atoms with E-state index < -0.39 is 15.8 Å². The van der Waals surface area contributed by atoms with E-state index in [0.717, 1.165) is 0 Å². The third-order valence-electron chi connectivity index (χ3n) is 2.69. The molecule has 0 unspecified atom stereocenters. The van der Waals surface area contributed by atoms with Crippen LogP contribution < -0.4 is 0 Å². The Hall–Kier alpha value is -1.37. The fourth-order valence-corrected chi connectivity index (χ4v) is 3.36. The number of carboxylic acids is 1. The molecule has 1 aliphatic heterocycles. The van der Waals surface area contributed by atoms with Crippen LogP contribution in [0.3, 0.4) is 0 Å². The molecule has 2 rings (SSSR count). The maximum atomic E-state index is 11.5. The molecule has 1 N–H and O–H groups in total. The first-order valence-corrected chi connectivity index (χ1v) is 6.67. The van der Waals surface area contributed by atoms with Crippen molar-refractivity contribution in [2.75, 3.05) is 5.75 Å². The molecular formula is C9H12N2O4S. The quantitative estimate of drug-likeness (QED) is 0.758. The monoisotopic (exact) mass is 244 g/mol. The van der Waals surface area contributed by atoms with Gasteiger partial charge in [0.05, 0.1) is 29.3 Å². The molecular weight excluding hydrogens is 232 g/mol. The summed E-state index contributed by atoms with van der Waals surface area (Å²) in [4.78, 5) is 10.7. The highest BCUT2D eigenvalue weighted by Crippen LogP contribution is 2.23. The fourth-order valence-electron chi connectivity index (χ4n) is 1.94. The Morgan fingerprint density at radius 1 is 1.56 bits per heavy atom. The predicted octanol–water partition coefficient (Wildman–Crippen LogP) is -0.482. The van der Waals surface area contributed by atoms with Crippen molar-refractivity contribution in [3.8, 4) is 0 Å². The molecule has 0 amide bonds. The molecule has 2 heterocycles. The van der Waals surface area contributed by atoms with Crippen LogP contribution >= 0.6 is 0 Å². The topological polar surface area (TPSA) is 89.3 Å². The van der Waals surface area contributed by atoms with Gasteiger partial charge in [-0.05, 0) is 0 Å². The van der Waals surface area contributed by atoms with Gasteiger partial charge in [0.2, 0.25) is 0 Å². The number of sulfone groups is 1. The number of carboxylic acid groups (broad SMARTS) is 1. The number of fused-ring (bicyclic) bond motifs is 1. The van der Waals surface area contributed by atoms with Crippen molar-refractivity contribution in [2.24, 2.45) is 7.05 Å². The van der Waals surface area contributed by atoms with Crippen molar-refractivity contribution in [1.82, 2.24) is 9.78 Å². The van der Waals surface area contributed by atoms with Crippen LogP contribution in [0, 0.1) is 0 Å². The van der Waals surface area contributed by atoms with E-state index in [-0.39, 0.29) is 17.9 Å². The van der Waals surface area contributed by atoms with Crippen molar-refractivity contribution < 1.29 is 18.3 Å². The molecule has 0 aliphatic carbocycles. The van der Waals surface area contributed by atoms with Crippen LogP contribution in [0.25, 0.3) is 0 Å². The van der Waals surface area contributed by atoms with Gasteiger partial charge < -0.3 is 5.11 Å². The van der Waals surface area contributed by atoms with E-state index in [1.165, 1.54) is 4.68 Å². The van der Waals surface area contributed by atoms with Crippen molar-refractivity contribution in [3.63, 3.8) is 0 Å². The molecule has 0 bridgehead atoms. The normalized spacial score (nSPS) is 18.1. The van der Waals surface area contributed by atoms with Crippen molar-refractivity contribution in [2.45, 2.75) is 18.6 Å². The Bertz CT molecular complexity index is 544. The van der Waals surface area contributed by atoms with Crippen LogP contribution in [0.2, 0.25) is 0 Å². The highest BCUT2D eigenvalue weighted by atomic mass is 32.2. The van der Waals surface area contributed by atoms with E-state index >= 15 is 0 Å². The number of aryl methyl sites for hydroxylation is 2. The molecule has 1 aliphatic rings. The standard InChI is InChI=1S/C9H12N2O4S/c1-11-8(4-9(12)13)6-5-16(14,15)3-2-7(6)10-11/h2-5H2,1H3,(H,12,13). The van der Waals surface area contributed by atoms with Crippen LogP contribution in [0.5, 0.6) is 0 Å². The van der Waals surface area contributed by atoms with E-state index in [4.69, 9.17) is 5.11 Å². The van der Waals surface area contributed by atoms with Crippen LogP contribution in [0.4, 0.5) is 0 Å². The second-order valence-corrected chi connectivity index (χ2v) is 6.09. The summed E-state index contributed by atoms with van der Waals surface area (Å²) in [5, 5.41) is 12.9. The molecule has 1 aromatic rings. The van der Waals surface area contributed by atoms with Gasteiger partial charge in [-0.3, -0.25) is 9.48 Å². The lowest BCUT2D eigenvalue weighted by molar-refractivity contribution is -0.136. The lowest BCUT2D eigenvalue weighted by Crippen LogP contribution is -2.19. The molecule has 16 heavy (non-hydrogen) atoms. The maximum Gasteiger partial charge on any atom is 0.309 e. The zero-order valence-electron chi connectivity index (χ0n) is 8.80. The third-order valence-corrected chi connectivity index (χ3v) is 4.25. The molecule has 0 aromatic carbocycles.